The number of nitrogens with one attached hydrogen (secondary N) is 2. The van der Waals surface area contributed by atoms with Crippen LogP contribution in [0, 0.1) is 6.92 Å². The molecule has 0 aliphatic carbocycles. The van der Waals surface area contributed by atoms with Gasteiger partial charge in [-0.2, -0.15) is 0 Å². The van der Waals surface area contributed by atoms with E-state index in [0.29, 0.717) is 0 Å². The standard InChI is InChI=1S/C17H22N2O2S/c1-12-8-9-22-16(12)15(10-14-6-4-3-5-7-14)19-17(21)18-11-13(2)20/h3-9,13,15,20H,10-11H2,1-2H3,(H2,18,19,21)/t13-,15-/m1/s1. The highest BCUT2D eigenvalue weighted by Gasteiger charge is 2.18. The molecule has 0 saturated carbocycles. The minimum atomic E-state index is -0.554. The largest absolute Gasteiger partial charge is 0.392 e. The maximum atomic E-state index is 12.0. The van der Waals surface area contributed by atoms with Gasteiger partial charge in [0.25, 0.3) is 0 Å². The van der Waals surface area contributed by atoms with E-state index < -0.39 is 6.10 Å². The summed E-state index contributed by atoms with van der Waals surface area (Å²) in [6.45, 7) is 3.94. The number of aliphatic hydroxyl groups excluding tert-OH is 1. The van der Waals surface area contributed by atoms with Crippen LogP contribution in [0.3, 0.4) is 0 Å². The minimum absolute atomic E-state index is 0.0728. The Morgan fingerprint density at radius 3 is 2.59 bits per heavy atom. The van der Waals surface area contributed by atoms with Crippen LogP contribution in [0.15, 0.2) is 41.8 Å². The Balaban J connectivity index is 2.09. The lowest BCUT2D eigenvalue weighted by molar-refractivity contribution is 0.186. The van der Waals surface area contributed by atoms with E-state index in [4.69, 9.17) is 0 Å². The molecule has 0 fully saturated rings. The Kier molecular flexibility index (Phi) is 5.98. The van der Waals surface area contributed by atoms with Crippen molar-refractivity contribution in [2.75, 3.05) is 6.54 Å². The summed E-state index contributed by atoms with van der Waals surface area (Å²) in [4.78, 5) is 13.2. The van der Waals surface area contributed by atoms with Crippen LogP contribution in [-0.4, -0.2) is 23.8 Å². The minimum Gasteiger partial charge on any atom is -0.392 e. The third kappa shape index (κ3) is 4.86. The first-order valence-corrected chi connectivity index (χ1v) is 8.24. The Bertz CT molecular complexity index is 596. The monoisotopic (exact) mass is 318 g/mol. The number of benzene rings is 1. The lowest BCUT2D eigenvalue weighted by atomic mass is 10.0. The number of rotatable bonds is 6. The summed E-state index contributed by atoms with van der Waals surface area (Å²) in [5.41, 5.74) is 2.36. The summed E-state index contributed by atoms with van der Waals surface area (Å²) in [5, 5.41) is 17.0. The van der Waals surface area contributed by atoms with Gasteiger partial charge in [0, 0.05) is 11.4 Å². The van der Waals surface area contributed by atoms with Crippen molar-refractivity contribution in [2.45, 2.75) is 32.4 Å². The first-order valence-electron chi connectivity index (χ1n) is 7.36. The number of thiophene rings is 1. The van der Waals surface area contributed by atoms with Gasteiger partial charge in [0.15, 0.2) is 0 Å². The molecule has 0 aliphatic heterocycles. The molecular formula is C17H22N2O2S. The second-order valence-electron chi connectivity index (χ2n) is 5.41. The van der Waals surface area contributed by atoms with Gasteiger partial charge < -0.3 is 15.7 Å². The quantitative estimate of drug-likeness (QED) is 0.767. The molecule has 2 aromatic rings. The normalized spacial score (nSPS) is 13.4. The predicted octanol–water partition coefficient (Wildman–Crippen LogP) is 3.02. The van der Waals surface area contributed by atoms with Crippen molar-refractivity contribution in [1.82, 2.24) is 10.6 Å². The molecule has 3 N–H and O–H groups in total. The molecule has 0 spiro atoms. The molecule has 2 amide bonds. The summed E-state index contributed by atoms with van der Waals surface area (Å²) < 4.78 is 0. The van der Waals surface area contributed by atoms with E-state index in [9.17, 15) is 9.90 Å². The van der Waals surface area contributed by atoms with Crippen LogP contribution in [0.2, 0.25) is 0 Å². The van der Waals surface area contributed by atoms with Crippen molar-refractivity contribution in [3.8, 4) is 0 Å². The fraction of sp³-hybridized carbons (Fsp3) is 0.353. The van der Waals surface area contributed by atoms with E-state index in [0.717, 1.165) is 11.3 Å². The average Bonchev–Trinajstić information content (AvgIpc) is 2.92. The molecule has 0 radical (unpaired) electrons. The molecule has 0 unspecified atom stereocenters. The first kappa shape index (κ1) is 16.5. The number of aliphatic hydroxyl groups is 1. The highest BCUT2D eigenvalue weighted by atomic mass is 32.1. The van der Waals surface area contributed by atoms with Gasteiger partial charge in [-0.15, -0.1) is 11.3 Å². The number of carbonyl (C=O) groups excluding carboxylic acids is 1. The summed E-state index contributed by atoms with van der Waals surface area (Å²) in [6, 6.07) is 11.8. The van der Waals surface area contributed by atoms with Gasteiger partial charge in [-0.1, -0.05) is 30.3 Å². The molecule has 1 heterocycles. The smallest absolute Gasteiger partial charge is 0.315 e. The van der Waals surface area contributed by atoms with Crippen LogP contribution in [0.25, 0.3) is 0 Å². The molecular weight excluding hydrogens is 296 g/mol. The molecule has 4 nitrogen and oxygen atoms in total. The zero-order chi connectivity index (χ0) is 15.9. The number of amides is 2. The zero-order valence-corrected chi connectivity index (χ0v) is 13.7. The van der Waals surface area contributed by atoms with Crippen LogP contribution in [0.5, 0.6) is 0 Å². The van der Waals surface area contributed by atoms with Crippen LogP contribution in [0.4, 0.5) is 4.79 Å². The topological polar surface area (TPSA) is 61.4 Å². The van der Waals surface area contributed by atoms with E-state index in [-0.39, 0.29) is 18.6 Å². The molecule has 22 heavy (non-hydrogen) atoms. The third-order valence-electron chi connectivity index (χ3n) is 3.36. The van der Waals surface area contributed by atoms with Crippen LogP contribution >= 0.6 is 11.3 Å². The molecule has 0 bridgehead atoms. The highest BCUT2D eigenvalue weighted by molar-refractivity contribution is 7.10. The van der Waals surface area contributed by atoms with Gasteiger partial charge in [0.05, 0.1) is 12.1 Å². The number of hydrogen-bond acceptors (Lipinski definition) is 3. The van der Waals surface area contributed by atoms with Gasteiger partial charge in [-0.05, 0) is 42.8 Å². The van der Waals surface area contributed by atoms with Gasteiger partial charge in [-0.3, -0.25) is 0 Å². The van der Waals surface area contributed by atoms with Crippen molar-refractivity contribution >= 4 is 17.4 Å². The van der Waals surface area contributed by atoms with Crippen molar-refractivity contribution in [3.63, 3.8) is 0 Å². The molecule has 1 aromatic carbocycles. The Hall–Kier alpha value is -1.85. The van der Waals surface area contributed by atoms with Gasteiger partial charge in [0.2, 0.25) is 0 Å². The molecule has 5 heteroatoms. The summed E-state index contributed by atoms with van der Waals surface area (Å²) in [5.74, 6) is 0. The van der Waals surface area contributed by atoms with E-state index >= 15 is 0 Å². The van der Waals surface area contributed by atoms with Crippen molar-refractivity contribution in [3.05, 3.63) is 57.8 Å². The van der Waals surface area contributed by atoms with E-state index in [2.05, 4.69) is 35.8 Å². The molecule has 0 aliphatic rings. The fourth-order valence-corrected chi connectivity index (χ4v) is 3.23. The van der Waals surface area contributed by atoms with Crippen molar-refractivity contribution < 1.29 is 9.90 Å². The lowest BCUT2D eigenvalue weighted by Gasteiger charge is -2.19. The number of carbonyl (C=O) groups is 1. The zero-order valence-electron chi connectivity index (χ0n) is 12.9. The Morgan fingerprint density at radius 1 is 1.27 bits per heavy atom. The maximum absolute atomic E-state index is 12.0. The molecule has 0 saturated heterocycles. The SMILES string of the molecule is Cc1ccsc1[C@@H](Cc1ccccc1)NC(=O)NC[C@@H](C)O. The summed E-state index contributed by atoms with van der Waals surface area (Å²) in [6.07, 6.45) is 0.186. The van der Waals surface area contributed by atoms with E-state index in [1.165, 1.54) is 11.1 Å². The van der Waals surface area contributed by atoms with Crippen molar-refractivity contribution in [2.24, 2.45) is 0 Å². The number of hydrogen-bond donors (Lipinski definition) is 3. The fourth-order valence-electron chi connectivity index (χ4n) is 2.25. The second kappa shape index (κ2) is 7.96. The molecule has 118 valence electrons. The number of urea groups is 1. The molecule has 2 rings (SSSR count). The summed E-state index contributed by atoms with van der Waals surface area (Å²) in [7, 11) is 0. The third-order valence-corrected chi connectivity index (χ3v) is 4.50. The lowest BCUT2D eigenvalue weighted by Crippen LogP contribution is -2.41. The van der Waals surface area contributed by atoms with Gasteiger partial charge in [-0.25, -0.2) is 4.79 Å². The maximum Gasteiger partial charge on any atom is 0.315 e. The number of aryl methyl sites for hydroxylation is 1. The van der Waals surface area contributed by atoms with Crippen LogP contribution < -0.4 is 10.6 Å². The van der Waals surface area contributed by atoms with Crippen LogP contribution in [-0.2, 0) is 6.42 Å². The predicted molar refractivity (Wildman–Crippen MR) is 90.2 cm³/mol. The molecule has 2 atom stereocenters. The van der Waals surface area contributed by atoms with E-state index in [1.54, 1.807) is 18.3 Å². The van der Waals surface area contributed by atoms with Crippen molar-refractivity contribution in [1.29, 1.82) is 0 Å². The van der Waals surface area contributed by atoms with Crippen LogP contribution in [0.1, 0.15) is 29.0 Å². The summed E-state index contributed by atoms with van der Waals surface area (Å²) >= 11 is 1.65. The first-order chi connectivity index (χ1) is 10.6. The Labute approximate surface area is 135 Å². The average molecular weight is 318 g/mol. The Morgan fingerprint density at radius 2 is 2.00 bits per heavy atom. The van der Waals surface area contributed by atoms with E-state index in [1.807, 2.05) is 23.6 Å². The second-order valence-corrected chi connectivity index (χ2v) is 6.36. The highest BCUT2D eigenvalue weighted by Crippen LogP contribution is 2.26. The molecule has 1 aromatic heterocycles. The van der Waals surface area contributed by atoms with Gasteiger partial charge >= 0.3 is 6.03 Å². The van der Waals surface area contributed by atoms with Gasteiger partial charge in [0.1, 0.15) is 0 Å².